The number of rotatable bonds is 9. The molecule has 0 radical (unpaired) electrons. The molecule has 0 aliphatic carbocycles. The number of nitrogens with zero attached hydrogens (tertiary/aromatic N) is 1. The highest BCUT2D eigenvalue weighted by Gasteiger charge is 2.08. The van der Waals surface area contributed by atoms with Crippen LogP contribution in [-0.4, -0.2) is 49.8 Å². The predicted octanol–water partition coefficient (Wildman–Crippen LogP) is 3.02. The zero-order chi connectivity index (χ0) is 11.5. The van der Waals surface area contributed by atoms with Gasteiger partial charge >= 0.3 is 0 Å². The van der Waals surface area contributed by atoms with Crippen LogP contribution >= 0.6 is 11.8 Å². The van der Waals surface area contributed by atoms with E-state index >= 15 is 0 Å². The molecule has 0 saturated carbocycles. The van der Waals surface area contributed by atoms with Crippen LogP contribution in [-0.2, 0) is 4.74 Å². The highest BCUT2D eigenvalue weighted by atomic mass is 32.2. The third-order valence-corrected chi connectivity index (χ3v) is 3.87. The minimum Gasteiger partial charge on any atom is -0.379 e. The summed E-state index contributed by atoms with van der Waals surface area (Å²) in [6.45, 7) is 5.46. The fourth-order valence-corrected chi connectivity index (χ4v) is 2.61. The van der Waals surface area contributed by atoms with Gasteiger partial charge in [0.25, 0.3) is 0 Å². The van der Waals surface area contributed by atoms with Crippen LogP contribution in [0.2, 0.25) is 0 Å². The zero-order valence-electron chi connectivity index (χ0n) is 10.7. The van der Waals surface area contributed by atoms with E-state index in [1.165, 1.54) is 50.8 Å². The molecule has 0 aromatic heterocycles. The van der Waals surface area contributed by atoms with Gasteiger partial charge in [0.2, 0.25) is 0 Å². The smallest absolute Gasteiger partial charge is 0.0594 e. The van der Waals surface area contributed by atoms with Crippen LogP contribution in [0.25, 0.3) is 0 Å². The summed E-state index contributed by atoms with van der Waals surface area (Å²) in [5, 5.41) is 0. The van der Waals surface area contributed by atoms with Crippen molar-refractivity contribution in [1.29, 1.82) is 0 Å². The topological polar surface area (TPSA) is 12.5 Å². The number of unbranched alkanes of at least 4 members (excludes halogenated alkanes) is 5. The van der Waals surface area contributed by atoms with Gasteiger partial charge in [-0.3, -0.25) is 4.90 Å². The molecule has 0 aromatic carbocycles. The quantitative estimate of drug-likeness (QED) is 0.579. The fraction of sp³-hybridized carbons (Fsp3) is 1.00. The van der Waals surface area contributed by atoms with Crippen molar-refractivity contribution in [2.75, 3.05) is 44.9 Å². The molecule has 1 aliphatic heterocycles. The average molecular weight is 245 g/mol. The van der Waals surface area contributed by atoms with Gasteiger partial charge in [0, 0.05) is 13.1 Å². The van der Waals surface area contributed by atoms with E-state index in [0.717, 1.165) is 26.3 Å². The molecule has 1 rings (SSSR count). The lowest BCUT2D eigenvalue weighted by molar-refractivity contribution is 0.0371. The first-order valence-electron chi connectivity index (χ1n) is 6.72. The van der Waals surface area contributed by atoms with Crippen molar-refractivity contribution in [2.24, 2.45) is 0 Å². The largest absolute Gasteiger partial charge is 0.379 e. The summed E-state index contributed by atoms with van der Waals surface area (Å²) in [7, 11) is 0. The van der Waals surface area contributed by atoms with E-state index in [9.17, 15) is 0 Å². The van der Waals surface area contributed by atoms with E-state index in [4.69, 9.17) is 4.74 Å². The van der Waals surface area contributed by atoms with Crippen LogP contribution in [0.5, 0.6) is 0 Å². The van der Waals surface area contributed by atoms with Crippen LogP contribution < -0.4 is 0 Å². The molecule has 1 heterocycles. The molecule has 2 nitrogen and oxygen atoms in total. The molecule has 3 heteroatoms. The third kappa shape index (κ3) is 7.53. The lowest BCUT2D eigenvalue weighted by Crippen LogP contribution is -2.36. The van der Waals surface area contributed by atoms with Gasteiger partial charge in [0.1, 0.15) is 0 Å². The van der Waals surface area contributed by atoms with Crippen molar-refractivity contribution in [2.45, 2.75) is 38.5 Å². The summed E-state index contributed by atoms with van der Waals surface area (Å²) in [6.07, 6.45) is 10.7. The summed E-state index contributed by atoms with van der Waals surface area (Å²) in [4.78, 5) is 2.54. The first-order chi connectivity index (χ1) is 7.93. The summed E-state index contributed by atoms with van der Waals surface area (Å²) < 4.78 is 5.34. The van der Waals surface area contributed by atoms with Crippen molar-refractivity contribution in [3.63, 3.8) is 0 Å². The van der Waals surface area contributed by atoms with Gasteiger partial charge in [-0.1, -0.05) is 25.7 Å². The van der Waals surface area contributed by atoms with Gasteiger partial charge in [0.15, 0.2) is 0 Å². The molecule has 0 N–H and O–H groups in total. The van der Waals surface area contributed by atoms with Gasteiger partial charge in [0.05, 0.1) is 13.2 Å². The molecule has 1 fully saturated rings. The van der Waals surface area contributed by atoms with E-state index in [1.807, 2.05) is 11.8 Å². The molecule has 0 bridgehead atoms. The summed E-state index contributed by atoms with van der Waals surface area (Å²) in [6, 6.07) is 0. The summed E-state index contributed by atoms with van der Waals surface area (Å²) >= 11 is 1.97. The molecule has 1 saturated heterocycles. The Labute approximate surface area is 105 Å². The fourth-order valence-electron chi connectivity index (χ4n) is 2.11. The molecule has 0 unspecified atom stereocenters. The molecule has 1 aliphatic rings. The monoisotopic (exact) mass is 245 g/mol. The van der Waals surface area contributed by atoms with Crippen molar-refractivity contribution >= 4 is 11.8 Å². The van der Waals surface area contributed by atoms with E-state index in [1.54, 1.807) is 0 Å². The standard InChI is InChI=1S/C13H27NOS/c1-16-13-7-5-3-2-4-6-8-14-9-11-15-12-10-14/h2-13H2,1H3. The van der Waals surface area contributed by atoms with Gasteiger partial charge in [-0.2, -0.15) is 11.8 Å². The molecule has 0 aromatic rings. The Morgan fingerprint density at radius 3 is 2.25 bits per heavy atom. The lowest BCUT2D eigenvalue weighted by atomic mass is 10.1. The van der Waals surface area contributed by atoms with Crippen molar-refractivity contribution < 1.29 is 4.74 Å². The molecule has 96 valence electrons. The SMILES string of the molecule is CSCCCCCCCCN1CCOCC1. The van der Waals surface area contributed by atoms with Crippen molar-refractivity contribution in [3.8, 4) is 0 Å². The normalized spacial score (nSPS) is 17.8. The Morgan fingerprint density at radius 2 is 1.56 bits per heavy atom. The molecular formula is C13H27NOS. The Bertz CT molecular complexity index is 149. The second-order valence-electron chi connectivity index (χ2n) is 4.57. The number of ether oxygens (including phenoxy) is 1. The van der Waals surface area contributed by atoms with Crippen LogP contribution in [0.3, 0.4) is 0 Å². The minimum absolute atomic E-state index is 0.939. The Hall–Kier alpha value is 0.270. The maximum Gasteiger partial charge on any atom is 0.0594 e. The number of hydrogen-bond donors (Lipinski definition) is 0. The maximum absolute atomic E-state index is 5.34. The van der Waals surface area contributed by atoms with E-state index in [0.29, 0.717) is 0 Å². The Morgan fingerprint density at radius 1 is 0.938 bits per heavy atom. The summed E-state index contributed by atoms with van der Waals surface area (Å²) in [5.41, 5.74) is 0. The molecule has 16 heavy (non-hydrogen) atoms. The molecular weight excluding hydrogens is 218 g/mol. The molecule has 0 spiro atoms. The number of thioether (sulfide) groups is 1. The lowest BCUT2D eigenvalue weighted by Gasteiger charge is -2.26. The number of hydrogen-bond acceptors (Lipinski definition) is 3. The maximum atomic E-state index is 5.34. The van der Waals surface area contributed by atoms with Gasteiger partial charge in [-0.05, 0) is 31.4 Å². The zero-order valence-corrected chi connectivity index (χ0v) is 11.6. The van der Waals surface area contributed by atoms with Crippen molar-refractivity contribution in [1.82, 2.24) is 4.90 Å². The second kappa shape index (κ2) is 10.4. The summed E-state index contributed by atoms with van der Waals surface area (Å²) in [5.74, 6) is 1.34. The number of morpholine rings is 1. The average Bonchev–Trinajstić information content (AvgIpc) is 2.34. The molecule has 0 amide bonds. The highest BCUT2D eigenvalue weighted by Crippen LogP contribution is 2.09. The van der Waals surface area contributed by atoms with Gasteiger partial charge in [-0.25, -0.2) is 0 Å². The van der Waals surface area contributed by atoms with Crippen LogP contribution in [0.15, 0.2) is 0 Å². The Balaban J connectivity index is 1.77. The minimum atomic E-state index is 0.939. The van der Waals surface area contributed by atoms with E-state index < -0.39 is 0 Å². The van der Waals surface area contributed by atoms with Crippen molar-refractivity contribution in [3.05, 3.63) is 0 Å². The van der Waals surface area contributed by atoms with E-state index in [2.05, 4.69) is 11.2 Å². The van der Waals surface area contributed by atoms with Gasteiger partial charge in [-0.15, -0.1) is 0 Å². The Kier molecular flexibility index (Phi) is 9.34. The molecule has 0 atom stereocenters. The third-order valence-electron chi connectivity index (χ3n) is 3.18. The van der Waals surface area contributed by atoms with Gasteiger partial charge < -0.3 is 4.74 Å². The van der Waals surface area contributed by atoms with Crippen LogP contribution in [0, 0.1) is 0 Å². The van der Waals surface area contributed by atoms with E-state index in [-0.39, 0.29) is 0 Å². The predicted molar refractivity (Wildman–Crippen MR) is 73.3 cm³/mol. The van der Waals surface area contributed by atoms with Crippen LogP contribution in [0.4, 0.5) is 0 Å². The first-order valence-corrected chi connectivity index (χ1v) is 8.12. The first kappa shape index (κ1) is 14.3. The highest BCUT2D eigenvalue weighted by molar-refractivity contribution is 7.98. The second-order valence-corrected chi connectivity index (χ2v) is 5.55. The van der Waals surface area contributed by atoms with Crippen LogP contribution in [0.1, 0.15) is 38.5 Å².